The molecule has 3 nitrogen and oxygen atoms in total. The van der Waals surface area contributed by atoms with Crippen LogP contribution in [0.1, 0.15) is 0 Å². The van der Waals surface area contributed by atoms with Gasteiger partial charge >= 0.3 is 0 Å². The number of aromatic nitrogens is 2. The summed E-state index contributed by atoms with van der Waals surface area (Å²) in [6.45, 7) is 0. The van der Waals surface area contributed by atoms with Crippen molar-refractivity contribution in [2.75, 3.05) is 0 Å². The van der Waals surface area contributed by atoms with Crippen molar-refractivity contribution in [3.63, 3.8) is 0 Å². The molecule has 0 fully saturated rings. The van der Waals surface area contributed by atoms with Crippen LogP contribution >= 0.6 is 11.3 Å². The monoisotopic (exact) mass is 366 g/mol. The highest BCUT2D eigenvalue weighted by atomic mass is 32.1. The summed E-state index contributed by atoms with van der Waals surface area (Å²) in [7, 11) is 0. The summed E-state index contributed by atoms with van der Waals surface area (Å²) in [4.78, 5) is 8.71. The molecular formula is C23H14N2OS. The molecule has 0 saturated heterocycles. The fraction of sp³-hybridized carbons (Fsp3) is 0. The standard InChI is InChI=1S/C23H14N2OS/c1-2-4-22-15(3-1)12-23(27-22)16-6-8-20-17(9-16)11-21(26-20)14-5-7-18-19(10-14)25-13-24-18/h1-13H,(H,24,25). The maximum Gasteiger partial charge on any atom is 0.135 e. The van der Waals surface area contributed by atoms with Crippen LogP contribution in [0.2, 0.25) is 0 Å². The lowest BCUT2D eigenvalue weighted by molar-refractivity contribution is 0.631. The van der Waals surface area contributed by atoms with E-state index in [0.717, 1.165) is 33.3 Å². The van der Waals surface area contributed by atoms with Crippen LogP contribution in [0, 0.1) is 0 Å². The lowest BCUT2D eigenvalue weighted by Gasteiger charge is -1.96. The highest BCUT2D eigenvalue weighted by Gasteiger charge is 2.10. The molecule has 4 heteroatoms. The van der Waals surface area contributed by atoms with Gasteiger partial charge in [0.05, 0.1) is 17.4 Å². The van der Waals surface area contributed by atoms with Crippen molar-refractivity contribution in [1.29, 1.82) is 0 Å². The number of benzene rings is 3. The number of aromatic amines is 1. The van der Waals surface area contributed by atoms with E-state index in [2.05, 4.69) is 70.6 Å². The number of imidazole rings is 1. The van der Waals surface area contributed by atoms with E-state index in [4.69, 9.17) is 4.42 Å². The minimum absolute atomic E-state index is 0.870. The Morgan fingerprint density at radius 2 is 1.74 bits per heavy atom. The third-order valence-corrected chi connectivity index (χ3v) is 6.10. The number of H-pyrrole nitrogens is 1. The van der Waals surface area contributed by atoms with Crippen LogP contribution in [0.15, 0.2) is 83.5 Å². The van der Waals surface area contributed by atoms with Crippen LogP contribution < -0.4 is 0 Å². The van der Waals surface area contributed by atoms with Gasteiger partial charge in [0.25, 0.3) is 0 Å². The van der Waals surface area contributed by atoms with Crippen LogP contribution in [0.5, 0.6) is 0 Å². The topological polar surface area (TPSA) is 41.8 Å². The minimum atomic E-state index is 0.870. The van der Waals surface area contributed by atoms with E-state index >= 15 is 0 Å². The Bertz CT molecular complexity index is 1400. The van der Waals surface area contributed by atoms with Crippen LogP contribution in [0.25, 0.3) is 53.9 Å². The second-order valence-corrected chi connectivity index (χ2v) is 7.73. The van der Waals surface area contributed by atoms with Crippen LogP contribution in [0.3, 0.4) is 0 Å². The molecule has 0 atom stereocenters. The summed E-state index contributed by atoms with van der Waals surface area (Å²) in [6, 6.07) is 25.4. The zero-order valence-electron chi connectivity index (χ0n) is 14.3. The Labute approximate surface area is 158 Å². The smallest absolute Gasteiger partial charge is 0.135 e. The molecule has 3 aromatic heterocycles. The van der Waals surface area contributed by atoms with Gasteiger partial charge < -0.3 is 9.40 Å². The molecule has 0 radical (unpaired) electrons. The second kappa shape index (κ2) is 5.56. The van der Waals surface area contributed by atoms with Gasteiger partial charge in [-0.2, -0.15) is 0 Å². The molecular weight excluding hydrogens is 352 g/mol. The summed E-state index contributed by atoms with van der Waals surface area (Å²) in [5.41, 5.74) is 5.15. The molecule has 0 unspecified atom stereocenters. The first-order chi connectivity index (χ1) is 13.3. The number of furan rings is 1. The van der Waals surface area contributed by atoms with Crippen molar-refractivity contribution in [2.45, 2.75) is 0 Å². The highest BCUT2D eigenvalue weighted by molar-refractivity contribution is 7.22. The summed E-state index contributed by atoms with van der Waals surface area (Å²) in [5, 5.41) is 2.41. The second-order valence-electron chi connectivity index (χ2n) is 6.65. The number of nitrogens with zero attached hydrogens (tertiary/aromatic N) is 1. The Hall–Kier alpha value is -3.37. The Balaban J connectivity index is 1.46. The van der Waals surface area contributed by atoms with E-state index in [1.54, 1.807) is 6.33 Å². The zero-order valence-corrected chi connectivity index (χ0v) is 15.1. The molecule has 1 N–H and O–H groups in total. The fourth-order valence-electron chi connectivity index (χ4n) is 3.55. The first kappa shape index (κ1) is 14.8. The molecule has 0 aliphatic carbocycles. The molecule has 0 aliphatic rings. The van der Waals surface area contributed by atoms with Crippen molar-refractivity contribution in [3.8, 4) is 21.8 Å². The molecule has 0 bridgehead atoms. The predicted molar refractivity (Wildman–Crippen MR) is 112 cm³/mol. The maximum absolute atomic E-state index is 6.10. The lowest BCUT2D eigenvalue weighted by Crippen LogP contribution is -1.74. The Kier molecular flexibility index (Phi) is 3.04. The Morgan fingerprint density at radius 1 is 0.815 bits per heavy atom. The predicted octanol–water partition coefficient (Wildman–Crippen LogP) is 6.86. The van der Waals surface area contributed by atoms with E-state index < -0.39 is 0 Å². The highest BCUT2D eigenvalue weighted by Crippen LogP contribution is 2.36. The van der Waals surface area contributed by atoms with Gasteiger partial charge in [-0.15, -0.1) is 11.3 Å². The SMILES string of the molecule is c1ccc2sc(-c3ccc4oc(-c5ccc6nc[nH]c6c5)cc4c3)cc2c1. The largest absolute Gasteiger partial charge is 0.456 e. The quantitative estimate of drug-likeness (QED) is 0.364. The average Bonchev–Trinajstić information content (AvgIpc) is 3.42. The molecule has 27 heavy (non-hydrogen) atoms. The number of thiophene rings is 1. The molecule has 3 heterocycles. The van der Waals surface area contributed by atoms with Crippen molar-refractivity contribution in [3.05, 3.63) is 79.1 Å². The van der Waals surface area contributed by atoms with E-state index in [0.29, 0.717) is 0 Å². The van der Waals surface area contributed by atoms with E-state index in [9.17, 15) is 0 Å². The zero-order chi connectivity index (χ0) is 17.8. The van der Waals surface area contributed by atoms with Crippen molar-refractivity contribution < 1.29 is 4.42 Å². The van der Waals surface area contributed by atoms with Gasteiger partial charge in [-0.25, -0.2) is 4.98 Å². The van der Waals surface area contributed by atoms with Gasteiger partial charge in [-0.1, -0.05) is 18.2 Å². The number of rotatable bonds is 2. The number of hydrogen-bond acceptors (Lipinski definition) is 3. The first-order valence-corrected chi connectivity index (χ1v) is 9.61. The van der Waals surface area contributed by atoms with Crippen LogP contribution in [-0.4, -0.2) is 9.97 Å². The third kappa shape index (κ3) is 2.38. The normalized spacial score (nSPS) is 11.7. The van der Waals surface area contributed by atoms with Crippen molar-refractivity contribution in [1.82, 2.24) is 9.97 Å². The molecule has 0 saturated carbocycles. The van der Waals surface area contributed by atoms with Crippen molar-refractivity contribution in [2.24, 2.45) is 0 Å². The minimum Gasteiger partial charge on any atom is -0.456 e. The van der Waals surface area contributed by atoms with E-state index in [1.165, 1.54) is 20.5 Å². The summed E-state index contributed by atoms with van der Waals surface area (Å²) in [5.74, 6) is 0.870. The third-order valence-electron chi connectivity index (χ3n) is 4.93. The first-order valence-electron chi connectivity index (χ1n) is 8.80. The van der Waals surface area contributed by atoms with Gasteiger partial charge in [0, 0.05) is 20.5 Å². The van der Waals surface area contributed by atoms with Crippen molar-refractivity contribution >= 4 is 43.4 Å². The van der Waals surface area contributed by atoms with Gasteiger partial charge in [0.1, 0.15) is 11.3 Å². The van der Waals surface area contributed by atoms with Gasteiger partial charge in [-0.3, -0.25) is 0 Å². The molecule has 0 spiro atoms. The van der Waals surface area contributed by atoms with Crippen LogP contribution in [0.4, 0.5) is 0 Å². The molecule has 3 aromatic carbocycles. The summed E-state index contributed by atoms with van der Waals surface area (Å²) >= 11 is 1.82. The number of fused-ring (bicyclic) bond motifs is 3. The summed E-state index contributed by atoms with van der Waals surface area (Å²) in [6.07, 6.45) is 1.71. The molecule has 6 rings (SSSR count). The van der Waals surface area contributed by atoms with Crippen LogP contribution in [-0.2, 0) is 0 Å². The molecule has 6 aromatic rings. The van der Waals surface area contributed by atoms with E-state index in [-0.39, 0.29) is 0 Å². The van der Waals surface area contributed by atoms with Gasteiger partial charge in [-0.05, 0) is 65.5 Å². The summed E-state index contributed by atoms with van der Waals surface area (Å²) < 4.78 is 7.41. The maximum atomic E-state index is 6.10. The fourth-order valence-corrected chi connectivity index (χ4v) is 4.61. The average molecular weight is 366 g/mol. The number of nitrogens with one attached hydrogen (secondary N) is 1. The van der Waals surface area contributed by atoms with Gasteiger partial charge in [0.2, 0.25) is 0 Å². The Morgan fingerprint density at radius 3 is 2.70 bits per heavy atom. The molecule has 0 aliphatic heterocycles. The molecule has 0 amide bonds. The van der Waals surface area contributed by atoms with Gasteiger partial charge in [0.15, 0.2) is 0 Å². The number of hydrogen-bond donors (Lipinski definition) is 1. The lowest BCUT2D eigenvalue weighted by atomic mass is 10.1. The van der Waals surface area contributed by atoms with E-state index in [1.807, 2.05) is 23.5 Å². The molecule has 128 valence electrons.